The van der Waals surface area contributed by atoms with Crippen LogP contribution in [0.3, 0.4) is 0 Å². The molecule has 0 aliphatic carbocycles. The van der Waals surface area contributed by atoms with E-state index in [1.807, 2.05) is 0 Å². The number of benzene rings is 1. The number of hydrogen-bond acceptors (Lipinski definition) is 2. The quantitative estimate of drug-likeness (QED) is 0.820. The minimum atomic E-state index is -2.68. The van der Waals surface area contributed by atoms with E-state index >= 15 is 0 Å². The molecule has 0 radical (unpaired) electrons. The first-order valence-corrected chi connectivity index (χ1v) is 3.93. The number of halogens is 3. The normalized spacial score (nSPS) is 13.0. The third-order valence-corrected chi connectivity index (χ3v) is 1.83. The largest absolute Gasteiger partial charge is 0.494 e. The average molecular weight is 205 g/mol. The monoisotopic (exact) mass is 205 g/mol. The Balaban J connectivity index is 3.00. The van der Waals surface area contributed by atoms with Crippen molar-refractivity contribution < 1.29 is 17.9 Å². The Bertz CT molecular complexity index is 317. The van der Waals surface area contributed by atoms with E-state index in [0.29, 0.717) is 0 Å². The fourth-order valence-electron chi connectivity index (χ4n) is 1.03. The number of alkyl halides is 2. The number of rotatable bonds is 3. The van der Waals surface area contributed by atoms with Crippen molar-refractivity contribution in [3.63, 3.8) is 0 Å². The van der Waals surface area contributed by atoms with Crippen LogP contribution in [0.1, 0.15) is 11.6 Å². The molecule has 2 N–H and O–H groups in total. The number of nitrogens with two attached hydrogens (primary N) is 1. The van der Waals surface area contributed by atoms with Crippen molar-refractivity contribution in [1.29, 1.82) is 0 Å². The van der Waals surface area contributed by atoms with Gasteiger partial charge in [0.15, 0.2) is 11.6 Å². The molecular weight excluding hydrogens is 195 g/mol. The molecule has 0 amide bonds. The topological polar surface area (TPSA) is 35.2 Å². The van der Waals surface area contributed by atoms with Gasteiger partial charge in [-0.15, -0.1) is 0 Å². The van der Waals surface area contributed by atoms with Crippen LogP contribution in [0.25, 0.3) is 0 Å². The molecule has 1 aromatic carbocycles. The summed E-state index contributed by atoms with van der Waals surface area (Å²) in [6, 6.07) is 2.03. The molecule has 2 nitrogen and oxygen atoms in total. The van der Waals surface area contributed by atoms with Crippen LogP contribution in [0.5, 0.6) is 5.75 Å². The summed E-state index contributed by atoms with van der Waals surface area (Å²) in [6.07, 6.45) is -2.68. The van der Waals surface area contributed by atoms with Gasteiger partial charge in [0.25, 0.3) is 6.43 Å². The van der Waals surface area contributed by atoms with Gasteiger partial charge in [0.2, 0.25) is 0 Å². The molecular formula is C9H10F3NO. The van der Waals surface area contributed by atoms with Gasteiger partial charge in [-0.05, 0) is 17.7 Å². The highest BCUT2D eigenvalue weighted by atomic mass is 19.3. The Morgan fingerprint density at radius 1 is 1.36 bits per heavy atom. The maximum atomic E-state index is 12.9. The van der Waals surface area contributed by atoms with E-state index in [9.17, 15) is 13.2 Å². The number of ether oxygens (including phenoxy) is 1. The van der Waals surface area contributed by atoms with Crippen molar-refractivity contribution in [3.8, 4) is 5.75 Å². The van der Waals surface area contributed by atoms with Crippen molar-refractivity contribution in [2.45, 2.75) is 12.5 Å². The summed E-state index contributed by atoms with van der Waals surface area (Å²) in [5.74, 6) is -0.684. The van der Waals surface area contributed by atoms with Crippen LogP contribution < -0.4 is 10.5 Å². The Kier molecular flexibility index (Phi) is 3.35. The molecule has 5 heteroatoms. The molecule has 0 spiro atoms. The van der Waals surface area contributed by atoms with Crippen LogP contribution in [0.2, 0.25) is 0 Å². The lowest BCUT2D eigenvalue weighted by Gasteiger charge is -2.12. The van der Waals surface area contributed by atoms with Gasteiger partial charge in [-0.25, -0.2) is 13.2 Å². The van der Waals surface area contributed by atoms with Crippen molar-refractivity contribution >= 4 is 0 Å². The lowest BCUT2D eigenvalue weighted by atomic mass is 10.1. The first kappa shape index (κ1) is 10.8. The lowest BCUT2D eigenvalue weighted by molar-refractivity contribution is 0.116. The van der Waals surface area contributed by atoms with Crippen molar-refractivity contribution in [1.82, 2.24) is 0 Å². The zero-order valence-corrected chi connectivity index (χ0v) is 7.51. The minimum Gasteiger partial charge on any atom is -0.494 e. The molecule has 0 aromatic heterocycles. The summed E-state index contributed by atoms with van der Waals surface area (Å²) >= 11 is 0. The highest BCUT2D eigenvalue weighted by molar-refractivity contribution is 5.32. The number of hydrogen-bond donors (Lipinski definition) is 1. The summed E-state index contributed by atoms with van der Waals surface area (Å²) in [7, 11) is 1.26. The van der Waals surface area contributed by atoms with Crippen LogP contribution in [-0.4, -0.2) is 13.5 Å². The van der Waals surface area contributed by atoms with Crippen molar-refractivity contribution in [2.24, 2.45) is 5.73 Å². The molecule has 14 heavy (non-hydrogen) atoms. The summed E-state index contributed by atoms with van der Waals surface area (Å²) in [6.45, 7) is 0. The molecule has 1 aromatic rings. The summed E-state index contributed by atoms with van der Waals surface area (Å²) in [4.78, 5) is 0. The standard InChI is InChI=1S/C9H10F3NO/c1-14-7-4-5(2-3-6(7)10)8(13)9(11)12/h2-4,8-9H,13H2,1H3/t8-/m0/s1. The second kappa shape index (κ2) is 4.32. The Labute approximate surface area is 79.5 Å². The van der Waals surface area contributed by atoms with Gasteiger partial charge in [0.05, 0.1) is 13.2 Å². The summed E-state index contributed by atoms with van der Waals surface area (Å²) < 4.78 is 41.9. The maximum Gasteiger partial charge on any atom is 0.257 e. The zero-order chi connectivity index (χ0) is 10.7. The van der Waals surface area contributed by atoms with E-state index in [-0.39, 0.29) is 11.3 Å². The highest BCUT2D eigenvalue weighted by Gasteiger charge is 2.18. The van der Waals surface area contributed by atoms with E-state index in [2.05, 4.69) is 4.74 Å². The van der Waals surface area contributed by atoms with E-state index in [1.165, 1.54) is 19.2 Å². The molecule has 0 aliphatic rings. The molecule has 0 saturated heterocycles. The Morgan fingerprint density at radius 2 is 2.00 bits per heavy atom. The molecule has 0 bridgehead atoms. The highest BCUT2D eigenvalue weighted by Crippen LogP contribution is 2.24. The minimum absolute atomic E-state index is 0.0846. The van der Waals surface area contributed by atoms with E-state index in [4.69, 9.17) is 5.73 Å². The van der Waals surface area contributed by atoms with Crippen LogP contribution in [0, 0.1) is 5.82 Å². The van der Waals surface area contributed by atoms with Crippen LogP contribution >= 0.6 is 0 Å². The molecule has 0 saturated carbocycles. The van der Waals surface area contributed by atoms with Gasteiger partial charge in [0.1, 0.15) is 0 Å². The Hall–Kier alpha value is -1.23. The van der Waals surface area contributed by atoms with E-state index in [0.717, 1.165) is 6.07 Å². The van der Waals surface area contributed by atoms with Gasteiger partial charge in [-0.1, -0.05) is 6.07 Å². The van der Waals surface area contributed by atoms with Gasteiger partial charge >= 0.3 is 0 Å². The summed E-state index contributed by atoms with van der Waals surface area (Å²) in [5, 5.41) is 0. The molecule has 0 aliphatic heterocycles. The number of methoxy groups -OCH3 is 1. The lowest BCUT2D eigenvalue weighted by Crippen LogP contribution is -2.18. The smallest absolute Gasteiger partial charge is 0.257 e. The molecule has 1 atom stereocenters. The van der Waals surface area contributed by atoms with Gasteiger partial charge in [-0.2, -0.15) is 0 Å². The molecule has 0 unspecified atom stereocenters. The third kappa shape index (κ3) is 2.17. The molecule has 0 fully saturated rings. The average Bonchev–Trinajstić information content (AvgIpc) is 2.17. The fourth-order valence-corrected chi connectivity index (χ4v) is 1.03. The second-order valence-corrected chi connectivity index (χ2v) is 2.75. The molecule has 78 valence electrons. The van der Waals surface area contributed by atoms with Gasteiger partial charge < -0.3 is 10.5 Å². The van der Waals surface area contributed by atoms with Crippen LogP contribution in [0.4, 0.5) is 13.2 Å². The van der Waals surface area contributed by atoms with Crippen LogP contribution in [-0.2, 0) is 0 Å². The summed E-state index contributed by atoms with van der Waals surface area (Å²) in [5.41, 5.74) is 5.33. The molecule has 0 heterocycles. The van der Waals surface area contributed by atoms with Gasteiger partial charge in [0, 0.05) is 0 Å². The zero-order valence-electron chi connectivity index (χ0n) is 7.51. The SMILES string of the molecule is COc1cc([C@H](N)C(F)F)ccc1F. The van der Waals surface area contributed by atoms with Crippen molar-refractivity contribution in [2.75, 3.05) is 7.11 Å². The molecule has 1 rings (SSSR count). The van der Waals surface area contributed by atoms with Gasteiger partial charge in [-0.3, -0.25) is 0 Å². The first-order valence-electron chi connectivity index (χ1n) is 3.93. The first-order chi connectivity index (χ1) is 6.56. The predicted octanol–water partition coefficient (Wildman–Crippen LogP) is 2.10. The van der Waals surface area contributed by atoms with Crippen molar-refractivity contribution in [3.05, 3.63) is 29.6 Å². The fraction of sp³-hybridized carbons (Fsp3) is 0.333. The van der Waals surface area contributed by atoms with E-state index < -0.39 is 18.3 Å². The third-order valence-electron chi connectivity index (χ3n) is 1.83. The van der Waals surface area contributed by atoms with E-state index in [1.54, 1.807) is 0 Å². The Morgan fingerprint density at radius 3 is 2.50 bits per heavy atom. The maximum absolute atomic E-state index is 12.9. The predicted molar refractivity (Wildman–Crippen MR) is 45.9 cm³/mol. The second-order valence-electron chi connectivity index (χ2n) is 2.75. The van der Waals surface area contributed by atoms with Crippen LogP contribution in [0.15, 0.2) is 18.2 Å².